The molecule has 0 aliphatic rings. The second kappa shape index (κ2) is 4.79. The van der Waals surface area contributed by atoms with Gasteiger partial charge in [-0.25, -0.2) is 0 Å². The van der Waals surface area contributed by atoms with Gasteiger partial charge in [0.1, 0.15) is 17.1 Å². The summed E-state index contributed by atoms with van der Waals surface area (Å²) in [5.74, 6) is 1.45. The van der Waals surface area contributed by atoms with Crippen molar-refractivity contribution in [2.24, 2.45) is 0 Å². The van der Waals surface area contributed by atoms with E-state index in [0.29, 0.717) is 22.8 Å². The summed E-state index contributed by atoms with van der Waals surface area (Å²) in [5, 5.41) is 0.990. The van der Waals surface area contributed by atoms with E-state index < -0.39 is 0 Å². The first kappa shape index (κ1) is 12.0. The number of hydrogen-bond acceptors (Lipinski definition) is 4. The Bertz CT molecular complexity index is 559. The average Bonchev–Trinajstić information content (AvgIpc) is 2.80. The van der Waals surface area contributed by atoms with Gasteiger partial charge in [-0.05, 0) is 6.07 Å². The van der Waals surface area contributed by atoms with E-state index in [9.17, 15) is 4.79 Å². The highest BCUT2D eigenvalue weighted by Crippen LogP contribution is 2.33. The minimum atomic E-state index is -0.109. The summed E-state index contributed by atoms with van der Waals surface area (Å²) >= 11 is 3.11. The summed E-state index contributed by atoms with van der Waals surface area (Å²) in [6.45, 7) is 0. The van der Waals surface area contributed by atoms with Crippen LogP contribution in [0.4, 0.5) is 0 Å². The van der Waals surface area contributed by atoms with E-state index in [1.165, 1.54) is 0 Å². The maximum Gasteiger partial charge on any atom is 0.208 e. The fraction of sp³-hybridized carbons (Fsp3) is 0.250. The molecule has 5 heteroatoms. The van der Waals surface area contributed by atoms with Gasteiger partial charge in [0.15, 0.2) is 5.76 Å². The number of methoxy groups -OCH3 is 2. The van der Waals surface area contributed by atoms with E-state index in [0.717, 1.165) is 5.39 Å². The summed E-state index contributed by atoms with van der Waals surface area (Å²) in [7, 11) is 3.13. The third kappa shape index (κ3) is 2.15. The zero-order chi connectivity index (χ0) is 12.4. The van der Waals surface area contributed by atoms with Crippen LogP contribution in [-0.4, -0.2) is 25.3 Å². The number of rotatable bonds is 4. The minimum Gasteiger partial charge on any atom is -0.496 e. The minimum absolute atomic E-state index is 0.109. The first-order valence-electron chi connectivity index (χ1n) is 4.94. The number of ketones is 1. The van der Waals surface area contributed by atoms with Crippen LogP contribution in [0.25, 0.3) is 11.0 Å². The van der Waals surface area contributed by atoms with Crippen LogP contribution in [-0.2, 0) is 0 Å². The number of ether oxygens (including phenoxy) is 2. The smallest absolute Gasteiger partial charge is 0.208 e. The molecule has 1 aromatic carbocycles. The topological polar surface area (TPSA) is 48.7 Å². The first-order valence-corrected chi connectivity index (χ1v) is 6.06. The number of Topliss-reactive ketones (excluding diaryl/α,β-unsaturated/α-hetero) is 1. The number of halogens is 1. The van der Waals surface area contributed by atoms with Crippen LogP contribution in [0.5, 0.6) is 11.5 Å². The average molecular weight is 299 g/mol. The third-order valence-corrected chi connectivity index (χ3v) is 2.93. The van der Waals surface area contributed by atoms with Gasteiger partial charge in [0.05, 0.1) is 24.9 Å². The maximum absolute atomic E-state index is 11.5. The van der Waals surface area contributed by atoms with Crippen molar-refractivity contribution in [2.75, 3.05) is 19.5 Å². The SMILES string of the molecule is COc1cc(OC)c2cc(C(=O)CBr)oc2c1. The van der Waals surface area contributed by atoms with Crippen LogP contribution in [0.2, 0.25) is 0 Å². The van der Waals surface area contributed by atoms with Gasteiger partial charge in [0, 0.05) is 12.1 Å². The fourth-order valence-corrected chi connectivity index (χ4v) is 1.85. The standard InChI is InChI=1S/C12H11BrO4/c1-15-7-3-10(16-2)8-5-12(9(14)6-13)17-11(8)4-7/h3-5H,6H2,1-2H3. The van der Waals surface area contributed by atoms with Gasteiger partial charge >= 0.3 is 0 Å². The Morgan fingerprint density at radius 3 is 2.65 bits per heavy atom. The Kier molecular flexibility index (Phi) is 3.38. The van der Waals surface area contributed by atoms with Crippen LogP contribution in [0.3, 0.4) is 0 Å². The second-order valence-electron chi connectivity index (χ2n) is 3.41. The Morgan fingerprint density at radius 1 is 1.29 bits per heavy atom. The van der Waals surface area contributed by atoms with Crippen molar-refractivity contribution in [3.63, 3.8) is 0 Å². The van der Waals surface area contributed by atoms with Crippen molar-refractivity contribution in [2.45, 2.75) is 0 Å². The largest absolute Gasteiger partial charge is 0.496 e. The molecule has 0 unspecified atom stereocenters. The first-order chi connectivity index (χ1) is 8.19. The molecule has 17 heavy (non-hydrogen) atoms. The number of furan rings is 1. The summed E-state index contributed by atoms with van der Waals surface area (Å²) in [6.07, 6.45) is 0. The highest BCUT2D eigenvalue weighted by atomic mass is 79.9. The second-order valence-corrected chi connectivity index (χ2v) is 3.97. The zero-order valence-corrected chi connectivity index (χ0v) is 11.0. The van der Waals surface area contributed by atoms with Crippen molar-refractivity contribution in [3.05, 3.63) is 24.0 Å². The molecule has 2 rings (SSSR count). The van der Waals surface area contributed by atoms with E-state index in [-0.39, 0.29) is 11.1 Å². The van der Waals surface area contributed by atoms with Crippen LogP contribution in [0.15, 0.2) is 22.6 Å². The lowest BCUT2D eigenvalue weighted by Gasteiger charge is -2.04. The summed E-state index contributed by atoms with van der Waals surface area (Å²) in [4.78, 5) is 11.5. The molecule has 90 valence electrons. The van der Waals surface area contributed by atoms with Crippen molar-refractivity contribution in [3.8, 4) is 11.5 Å². The highest BCUT2D eigenvalue weighted by molar-refractivity contribution is 9.09. The van der Waals surface area contributed by atoms with Gasteiger partial charge in [-0.1, -0.05) is 15.9 Å². The summed E-state index contributed by atoms with van der Waals surface area (Å²) < 4.78 is 15.8. The molecule has 0 saturated heterocycles. The number of benzene rings is 1. The molecule has 0 fully saturated rings. The normalized spacial score (nSPS) is 10.5. The molecule has 0 aliphatic heterocycles. The van der Waals surface area contributed by atoms with Crippen LogP contribution in [0.1, 0.15) is 10.6 Å². The lowest BCUT2D eigenvalue weighted by molar-refractivity contribution is 0.0995. The van der Waals surface area contributed by atoms with Crippen molar-refractivity contribution in [1.29, 1.82) is 0 Å². The Labute approximate surface area is 107 Å². The molecule has 1 heterocycles. The van der Waals surface area contributed by atoms with E-state index in [1.807, 2.05) is 0 Å². The Morgan fingerprint density at radius 2 is 2.06 bits per heavy atom. The summed E-state index contributed by atoms with van der Waals surface area (Å²) in [5.41, 5.74) is 0.575. The lowest BCUT2D eigenvalue weighted by atomic mass is 10.2. The van der Waals surface area contributed by atoms with Gasteiger partial charge in [-0.15, -0.1) is 0 Å². The zero-order valence-electron chi connectivity index (χ0n) is 9.45. The Balaban J connectivity index is 2.62. The molecule has 1 aromatic heterocycles. The molecule has 0 N–H and O–H groups in total. The molecular formula is C12H11BrO4. The molecule has 2 aromatic rings. The number of alkyl halides is 1. The molecular weight excluding hydrogens is 288 g/mol. The number of fused-ring (bicyclic) bond motifs is 1. The van der Waals surface area contributed by atoms with Crippen molar-refractivity contribution >= 4 is 32.7 Å². The summed E-state index contributed by atoms with van der Waals surface area (Å²) in [6, 6.07) is 5.15. The predicted octanol–water partition coefficient (Wildman–Crippen LogP) is 3.03. The van der Waals surface area contributed by atoms with E-state index >= 15 is 0 Å². The third-order valence-electron chi connectivity index (χ3n) is 2.42. The monoisotopic (exact) mass is 298 g/mol. The fourth-order valence-electron chi connectivity index (χ4n) is 1.57. The molecule has 4 nitrogen and oxygen atoms in total. The molecule has 0 atom stereocenters. The molecule has 0 aliphatic carbocycles. The van der Waals surface area contributed by atoms with Crippen molar-refractivity contribution in [1.82, 2.24) is 0 Å². The van der Waals surface area contributed by atoms with Crippen LogP contribution < -0.4 is 9.47 Å². The molecule has 0 saturated carbocycles. The molecule has 0 spiro atoms. The maximum atomic E-state index is 11.5. The predicted molar refractivity (Wildman–Crippen MR) is 67.4 cm³/mol. The van der Waals surface area contributed by atoms with Gasteiger partial charge in [0.2, 0.25) is 5.78 Å². The molecule has 0 bridgehead atoms. The van der Waals surface area contributed by atoms with Gasteiger partial charge in [-0.2, -0.15) is 0 Å². The number of carbonyl (C=O) groups excluding carboxylic acids is 1. The van der Waals surface area contributed by atoms with Gasteiger partial charge < -0.3 is 13.9 Å². The highest BCUT2D eigenvalue weighted by Gasteiger charge is 2.15. The van der Waals surface area contributed by atoms with Crippen molar-refractivity contribution < 1.29 is 18.7 Å². The van der Waals surface area contributed by atoms with Crippen LogP contribution >= 0.6 is 15.9 Å². The molecule has 0 amide bonds. The number of carbonyl (C=O) groups is 1. The van der Waals surface area contributed by atoms with E-state index in [1.54, 1.807) is 32.4 Å². The molecule has 0 radical (unpaired) electrons. The van der Waals surface area contributed by atoms with E-state index in [2.05, 4.69) is 15.9 Å². The van der Waals surface area contributed by atoms with Crippen LogP contribution in [0, 0.1) is 0 Å². The number of hydrogen-bond donors (Lipinski definition) is 0. The quantitative estimate of drug-likeness (QED) is 0.643. The van der Waals surface area contributed by atoms with Gasteiger partial charge in [0.25, 0.3) is 0 Å². The van der Waals surface area contributed by atoms with E-state index in [4.69, 9.17) is 13.9 Å². The Hall–Kier alpha value is -1.49. The lowest BCUT2D eigenvalue weighted by Crippen LogP contribution is -1.96. The van der Waals surface area contributed by atoms with Gasteiger partial charge in [-0.3, -0.25) is 4.79 Å².